The standard InChI is InChI=1S/C26H29N5O/c1-18(2)31-25-23(16-27-31)22(15-24(28-25)20-9-7-6-8-10-20)26(32)30(5)17-19-11-13-21(14-12-19)29(3)4/h6-16,18H,17H2,1-5H3. The van der Waals surface area contributed by atoms with Gasteiger partial charge in [-0.15, -0.1) is 0 Å². The molecule has 0 saturated carbocycles. The van der Waals surface area contributed by atoms with Crippen molar-refractivity contribution in [1.29, 1.82) is 0 Å². The summed E-state index contributed by atoms with van der Waals surface area (Å²) >= 11 is 0. The molecular formula is C26H29N5O. The summed E-state index contributed by atoms with van der Waals surface area (Å²) in [6.45, 7) is 4.65. The quantitative estimate of drug-likeness (QED) is 0.434. The molecule has 0 unspecified atom stereocenters. The number of hydrogen-bond acceptors (Lipinski definition) is 4. The second-order valence-electron chi connectivity index (χ2n) is 8.56. The number of aromatic nitrogens is 3. The highest BCUT2D eigenvalue weighted by Gasteiger charge is 2.21. The van der Waals surface area contributed by atoms with Crippen LogP contribution in [-0.2, 0) is 6.54 Å². The predicted molar refractivity (Wildman–Crippen MR) is 130 cm³/mol. The van der Waals surface area contributed by atoms with Crippen LogP contribution < -0.4 is 4.90 Å². The lowest BCUT2D eigenvalue weighted by Gasteiger charge is -2.19. The molecule has 0 aliphatic rings. The van der Waals surface area contributed by atoms with Gasteiger partial charge in [-0.3, -0.25) is 4.79 Å². The van der Waals surface area contributed by atoms with E-state index in [2.05, 4.69) is 48.1 Å². The highest BCUT2D eigenvalue weighted by Crippen LogP contribution is 2.27. The van der Waals surface area contributed by atoms with Crippen LogP contribution in [0.3, 0.4) is 0 Å². The van der Waals surface area contributed by atoms with Crippen molar-refractivity contribution in [2.45, 2.75) is 26.4 Å². The smallest absolute Gasteiger partial charge is 0.254 e. The number of rotatable bonds is 6. The Kier molecular flexibility index (Phi) is 5.95. The molecule has 6 nitrogen and oxygen atoms in total. The largest absolute Gasteiger partial charge is 0.378 e. The Morgan fingerprint density at radius 1 is 1.00 bits per heavy atom. The summed E-state index contributed by atoms with van der Waals surface area (Å²) in [6, 6.07) is 20.2. The Labute approximate surface area is 189 Å². The molecule has 2 heterocycles. The summed E-state index contributed by atoms with van der Waals surface area (Å²) in [7, 11) is 5.87. The maximum absolute atomic E-state index is 13.6. The van der Waals surface area contributed by atoms with Gasteiger partial charge in [0.1, 0.15) is 0 Å². The highest BCUT2D eigenvalue weighted by molar-refractivity contribution is 6.06. The summed E-state index contributed by atoms with van der Waals surface area (Å²) in [5.41, 5.74) is 5.31. The molecule has 0 radical (unpaired) electrons. The third kappa shape index (κ3) is 4.21. The molecule has 2 aromatic heterocycles. The van der Waals surface area contributed by atoms with Crippen molar-refractivity contribution in [3.63, 3.8) is 0 Å². The lowest BCUT2D eigenvalue weighted by molar-refractivity contribution is 0.0787. The molecule has 1 amide bonds. The van der Waals surface area contributed by atoms with Crippen LogP contribution in [0.5, 0.6) is 0 Å². The normalized spacial score (nSPS) is 11.2. The second-order valence-corrected chi connectivity index (χ2v) is 8.56. The lowest BCUT2D eigenvalue weighted by Crippen LogP contribution is -2.26. The van der Waals surface area contributed by atoms with Crippen LogP contribution in [0, 0.1) is 0 Å². The molecule has 4 rings (SSSR count). The first-order valence-corrected chi connectivity index (χ1v) is 10.8. The minimum atomic E-state index is -0.0467. The molecule has 0 atom stereocenters. The fourth-order valence-corrected chi connectivity index (χ4v) is 3.78. The summed E-state index contributed by atoms with van der Waals surface area (Å²) in [4.78, 5) is 22.2. The van der Waals surface area contributed by atoms with Crippen LogP contribution in [0.2, 0.25) is 0 Å². The maximum atomic E-state index is 13.6. The van der Waals surface area contributed by atoms with Gasteiger partial charge in [0, 0.05) is 45.0 Å². The van der Waals surface area contributed by atoms with Crippen molar-refractivity contribution in [2.75, 3.05) is 26.0 Å². The van der Waals surface area contributed by atoms with E-state index in [-0.39, 0.29) is 11.9 Å². The Balaban J connectivity index is 1.72. The highest BCUT2D eigenvalue weighted by atomic mass is 16.2. The lowest BCUT2D eigenvalue weighted by atomic mass is 10.1. The molecule has 4 aromatic rings. The SMILES string of the molecule is CC(C)n1ncc2c(C(=O)N(C)Cc3ccc(N(C)C)cc3)cc(-c3ccccc3)nc21. The van der Waals surface area contributed by atoms with Crippen molar-refractivity contribution in [3.05, 3.63) is 78.0 Å². The van der Waals surface area contributed by atoms with Crippen LogP contribution in [0.25, 0.3) is 22.3 Å². The van der Waals surface area contributed by atoms with Crippen LogP contribution in [0.1, 0.15) is 35.8 Å². The maximum Gasteiger partial charge on any atom is 0.254 e. The van der Waals surface area contributed by atoms with Crippen LogP contribution in [0.15, 0.2) is 66.9 Å². The molecule has 0 spiro atoms. The zero-order chi connectivity index (χ0) is 22.8. The van der Waals surface area contributed by atoms with E-state index in [9.17, 15) is 4.79 Å². The number of amides is 1. The molecular weight excluding hydrogens is 398 g/mol. The van der Waals surface area contributed by atoms with Gasteiger partial charge in [0.05, 0.1) is 22.8 Å². The van der Waals surface area contributed by atoms with Crippen LogP contribution in [-0.4, -0.2) is 46.7 Å². The summed E-state index contributed by atoms with van der Waals surface area (Å²) < 4.78 is 1.87. The van der Waals surface area contributed by atoms with E-state index in [0.717, 1.165) is 33.5 Å². The molecule has 0 aliphatic carbocycles. The summed E-state index contributed by atoms with van der Waals surface area (Å²) in [6.07, 6.45) is 1.75. The topological polar surface area (TPSA) is 54.3 Å². The van der Waals surface area contributed by atoms with E-state index in [1.807, 2.05) is 62.2 Å². The molecule has 0 N–H and O–H groups in total. The van der Waals surface area contributed by atoms with Crippen LogP contribution >= 0.6 is 0 Å². The Bertz CT molecular complexity index is 1230. The zero-order valence-electron chi connectivity index (χ0n) is 19.3. The molecule has 2 aromatic carbocycles. The van der Waals surface area contributed by atoms with E-state index in [1.165, 1.54) is 0 Å². The number of fused-ring (bicyclic) bond motifs is 1. The fraction of sp³-hybridized carbons (Fsp3) is 0.269. The third-order valence-corrected chi connectivity index (χ3v) is 5.58. The Morgan fingerprint density at radius 2 is 1.69 bits per heavy atom. The number of hydrogen-bond donors (Lipinski definition) is 0. The third-order valence-electron chi connectivity index (χ3n) is 5.58. The van der Waals surface area contributed by atoms with Gasteiger partial charge in [0.2, 0.25) is 0 Å². The second kappa shape index (κ2) is 8.83. The van der Waals surface area contributed by atoms with Gasteiger partial charge in [-0.2, -0.15) is 5.10 Å². The minimum Gasteiger partial charge on any atom is -0.378 e. The number of carbonyl (C=O) groups is 1. The van der Waals surface area contributed by atoms with E-state index < -0.39 is 0 Å². The molecule has 0 bridgehead atoms. The van der Waals surface area contributed by atoms with Crippen molar-refractivity contribution < 1.29 is 4.79 Å². The molecule has 0 aliphatic heterocycles. The van der Waals surface area contributed by atoms with E-state index >= 15 is 0 Å². The number of pyridine rings is 1. The molecule has 32 heavy (non-hydrogen) atoms. The average Bonchev–Trinajstić information content (AvgIpc) is 3.23. The van der Waals surface area contributed by atoms with Crippen molar-refractivity contribution >= 4 is 22.6 Å². The molecule has 6 heteroatoms. The molecule has 0 fully saturated rings. The first-order chi connectivity index (χ1) is 15.3. The van der Waals surface area contributed by atoms with Crippen LogP contribution in [0.4, 0.5) is 5.69 Å². The number of carbonyl (C=O) groups excluding carboxylic acids is 1. The first kappa shape index (κ1) is 21.6. The van der Waals surface area contributed by atoms with Gasteiger partial charge in [-0.25, -0.2) is 9.67 Å². The van der Waals surface area contributed by atoms with Gasteiger partial charge >= 0.3 is 0 Å². The first-order valence-electron chi connectivity index (χ1n) is 10.8. The zero-order valence-corrected chi connectivity index (χ0v) is 19.3. The van der Waals surface area contributed by atoms with Gasteiger partial charge in [0.25, 0.3) is 5.91 Å². The number of anilines is 1. The molecule has 0 saturated heterocycles. The van der Waals surface area contributed by atoms with E-state index in [0.29, 0.717) is 12.1 Å². The Morgan fingerprint density at radius 3 is 2.31 bits per heavy atom. The summed E-state index contributed by atoms with van der Waals surface area (Å²) in [5, 5.41) is 5.30. The van der Waals surface area contributed by atoms with Gasteiger partial charge < -0.3 is 9.80 Å². The monoisotopic (exact) mass is 427 g/mol. The predicted octanol–water partition coefficient (Wildman–Crippen LogP) is 5.02. The van der Waals surface area contributed by atoms with Gasteiger partial charge in [0.15, 0.2) is 5.65 Å². The van der Waals surface area contributed by atoms with Gasteiger partial charge in [-0.1, -0.05) is 42.5 Å². The minimum absolute atomic E-state index is 0.0467. The van der Waals surface area contributed by atoms with Crippen molar-refractivity contribution in [3.8, 4) is 11.3 Å². The van der Waals surface area contributed by atoms with Crippen molar-refractivity contribution in [1.82, 2.24) is 19.7 Å². The van der Waals surface area contributed by atoms with Gasteiger partial charge in [-0.05, 0) is 37.6 Å². The van der Waals surface area contributed by atoms with E-state index in [1.54, 1.807) is 11.1 Å². The Hall–Kier alpha value is -3.67. The fourth-order valence-electron chi connectivity index (χ4n) is 3.78. The number of nitrogens with zero attached hydrogens (tertiary/aromatic N) is 5. The summed E-state index contributed by atoms with van der Waals surface area (Å²) in [5.74, 6) is -0.0467. The average molecular weight is 428 g/mol. The van der Waals surface area contributed by atoms with Crippen molar-refractivity contribution in [2.24, 2.45) is 0 Å². The number of benzene rings is 2. The molecule has 164 valence electrons. The van der Waals surface area contributed by atoms with E-state index in [4.69, 9.17) is 4.98 Å².